The van der Waals surface area contributed by atoms with Crippen LogP contribution in [-0.4, -0.2) is 14.8 Å². The van der Waals surface area contributed by atoms with E-state index in [0.29, 0.717) is 0 Å². The summed E-state index contributed by atoms with van der Waals surface area (Å²) in [5, 5.41) is 7.25. The van der Waals surface area contributed by atoms with Crippen LogP contribution >= 0.6 is 15.9 Å². The van der Waals surface area contributed by atoms with Crippen molar-refractivity contribution in [2.75, 3.05) is 5.32 Å². The van der Waals surface area contributed by atoms with Crippen molar-refractivity contribution in [3.63, 3.8) is 0 Å². The van der Waals surface area contributed by atoms with Gasteiger partial charge in [0, 0.05) is 23.9 Å². The minimum absolute atomic E-state index is 0.823. The fraction of sp³-hybridized carbons (Fsp3) is 0.200. The predicted octanol–water partition coefficient (Wildman–Crippen LogP) is 2.63. The van der Waals surface area contributed by atoms with Crippen LogP contribution in [0.1, 0.15) is 5.56 Å². The average Bonchev–Trinajstić information content (AvgIpc) is 2.58. The van der Waals surface area contributed by atoms with Gasteiger partial charge in [-0.15, -0.1) is 0 Å². The first-order valence-corrected chi connectivity index (χ1v) is 5.32. The predicted molar refractivity (Wildman–Crippen MR) is 63.2 cm³/mol. The molecule has 0 fully saturated rings. The summed E-state index contributed by atoms with van der Waals surface area (Å²) in [7, 11) is 1.88. The fourth-order valence-electron chi connectivity index (χ4n) is 1.24. The molecular weight excluding hydrogens is 256 g/mol. The molecule has 0 radical (unpaired) electrons. The summed E-state index contributed by atoms with van der Waals surface area (Å²) in [5.74, 6) is 0.823. The Balaban J connectivity index is 2.21. The Morgan fingerprint density at radius 2 is 2.20 bits per heavy atom. The van der Waals surface area contributed by atoms with Gasteiger partial charge in [-0.05, 0) is 34.5 Å². The number of hydrogen-bond acceptors (Lipinski definition) is 3. The Morgan fingerprint density at radius 1 is 1.40 bits per heavy atom. The second-order valence-corrected chi connectivity index (χ2v) is 4.20. The topological polar surface area (TPSA) is 42.7 Å². The third kappa shape index (κ3) is 2.36. The number of rotatable bonds is 2. The number of aryl methyl sites for hydroxylation is 2. The molecule has 0 aliphatic carbocycles. The zero-order valence-corrected chi connectivity index (χ0v) is 10.1. The van der Waals surface area contributed by atoms with Crippen molar-refractivity contribution in [1.29, 1.82) is 0 Å². The quantitative estimate of drug-likeness (QED) is 0.909. The van der Waals surface area contributed by atoms with Crippen LogP contribution in [0.15, 0.2) is 29.1 Å². The van der Waals surface area contributed by atoms with Crippen molar-refractivity contribution in [3.05, 3.63) is 34.7 Å². The monoisotopic (exact) mass is 266 g/mol. The lowest BCUT2D eigenvalue weighted by molar-refractivity contribution is 0.768. The van der Waals surface area contributed by atoms with Crippen LogP contribution in [0.4, 0.5) is 11.5 Å². The van der Waals surface area contributed by atoms with Gasteiger partial charge in [0.25, 0.3) is 0 Å². The van der Waals surface area contributed by atoms with Gasteiger partial charge in [0.2, 0.25) is 0 Å². The van der Waals surface area contributed by atoms with E-state index in [-0.39, 0.29) is 0 Å². The van der Waals surface area contributed by atoms with Crippen molar-refractivity contribution < 1.29 is 0 Å². The first-order valence-electron chi connectivity index (χ1n) is 4.53. The summed E-state index contributed by atoms with van der Waals surface area (Å²) < 4.78 is 2.76. The largest absolute Gasteiger partial charge is 0.338 e. The van der Waals surface area contributed by atoms with Gasteiger partial charge in [-0.25, -0.2) is 4.98 Å². The van der Waals surface area contributed by atoms with Crippen LogP contribution in [0.5, 0.6) is 0 Å². The Labute approximate surface area is 96.5 Å². The standard InChI is InChI=1S/C10H11BrN4/c1-7-3-10(12-5-9(7)11)14-8-4-13-15(2)6-8/h3-6H,1-2H3,(H,12,14). The first kappa shape index (κ1) is 10.2. The highest BCUT2D eigenvalue weighted by Crippen LogP contribution is 2.19. The molecule has 0 spiro atoms. The fourth-order valence-corrected chi connectivity index (χ4v) is 1.46. The molecule has 0 atom stereocenters. The zero-order chi connectivity index (χ0) is 10.8. The number of halogens is 1. The van der Waals surface area contributed by atoms with Crippen LogP contribution in [0.2, 0.25) is 0 Å². The van der Waals surface area contributed by atoms with E-state index in [0.717, 1.165) is 21.5 Å². The van der Waals surface area contributed by atoms with Crippen molar-refractivity contribution in [2.45, 2.75) is 6.92 Å². The zero-order valence-electron chi connectivity index (χ0n) is 8.53. The maximum atomic E-state index is 4.25. The SMILES string of the molecule is Cc1cc(Nc2cnn(C)c2)ncc1Br. The summed E-state index contributed by atoms with van der Waals surface area (Å²) in [5.41, 5.74) is 2.09. The molecule has 2 heterocycles. The van der Waals surface area contributed by atoms with Gasteiger partial charge in [-0.2, -0.15) is 5.10 Å². The molecule has 0 unspecified atom stereocenters. The Bertz CT molecular complexity index is 478. The third-order valence-corrected chi connectivity index (χ3v) is 2.85. The van der Waals surface area contributed by atoms with E-state index in [2.05, 4.69) is 31.3 Å². The molecule has 0 saturated heterocycles. The summed E-state index contributed by atoms with van der Waals surface area (Å²) in [6.45, 7) is 2.03. The Hall–Kier alpha value is -1.36. The molecule has 0 bridgehead atoms. The highest BCUT2D eigenvalue weighted by molar-refractivity contribution is 9.10. The second-order valence-electron chi connectivity index (χ2n) is 3.35. The van der Waals surface area contributed by atoms with Gasteiger partial charge in [0.15, 0.2) is 0 Å². The van der Waals surface area contributed by atoms with Crippen LogP contribution in [-0.2, 0) is 7.05 Å². The molecule has 15 heavy (non-hydrogen) atoms. The Morgan fingerprint density at radius 3 is 2.80 bits per heavy atom. The van der Waals surface area contributed by atoms with E-state index < -0.39 is 0 Å². The first-order chi connectivity index (χ1) is 7.15. The normalized spacial score (nSPS) is 10.3. The molecule has 4 nitrogen and oxygen atoms in total. The van der Waals surface area contributed by atoms with E-state index in [1.807, 2.05) is 26.2 Å². The van der Waals surface area contributed by atoms with E-state index in [1.54, 1.807) is 17.1 Å². The summed E-state index contributed by atoms with van der Waals surface area (Å²) in [4.78, 5) is 4.25. The van der Waals surface area contributed by atoms with Crippen molar-refractivity contribution in [3.8, 4) is 0 Å². The molecule has 2 aromatic rings. The van der Waals surface area contributed by atoms with E-state index in [4.69, 9.17) is 0 Å². The molecule has 0 aromatic carbocycles. The third-order valence-electron chi connectivity index (χ3n) is 2.02. The lowest BCUT2D eigenvalue weighted by Gasteiger charge is -2.04. The van der Waals surface area contributed by atoms with E-state index >= 15 is 0 Å². The second kappa shape index (κ2) is 4.02. The van der Waals surface area contributed by atoms with Gasteiger partial charge >= 0.3 is 0 Å². The molecule has 5 heteroatoms. The summed E-state index contributed by atoms with van der Waals surface area (Å²) >= 11 is 3.41. The van der Waals surface area contributed by atoms with E-state index in [1.165, 1.54) is 0 Å². The summed E-state index contributed by atoms with van der Waals surface area (Å²) in [6.07, 6.45) is 5.45. The number of nitrogens with one attached hydrogen (secondary N) is 1. The van der Waals surface area contributed by atoms with E-state index in [9.17, 15) is 0 Å². The maximum Gasteiger partial charge on any atom is 0.130 e. The highest BCUT2D eigenvalue weighted by Gasteiger charge is 2.00. The molecule has 0 aliphatic rings. The number of hydrogen-bond donors (Lipinski definition) is 1. The molecule has 1 N–H and O–H groups in total. The van der Waals surface area contributed by atoms with Gasteiger partial charge in [0.1, 0.15) is 5.82 Å². The number of anilines is 2. The van der Waals surface area contributed by atoms with Crippen molar-refractivity contribution in [1.82, 2.24) is 14.8 Å². The highest BCUT2D eigenvalue weighted by atomic mass is 79.9. The molecule has 0 aliphatic heterocycles. The molecule has 0 amide bonds. The van der Waals surface area contributed by atoms with Crippen LogP contribution < -0.4 is 5.32 Å². The average molecular weight is 267 g/mol. The smallest absolute Gasteiger partial charge is 0.130 e. The number of aromatic nitrogens is 3. The van der Waals surface area contributed by atoms with Gasteiger partial charge in [0.05, 0.1) is 11.9 Å². The number of pyridine rings is 1. The Kier molecular flexibility index (Phi) is 2.73. The van der Waals surface area contributed by atoms with Gasteiger partial charge in [-0.3, -0.25) is 4.68 Å². The molecule has 78 valence electrons. The van der Waals surface area contributed by atoms with Crippen molar-refractivity contribution in [2.24, 2.45) is 7.05 Å². The van der Waals surface area contributed by atoms with Crippen LogP contribution in [0.25, 0.3) is 0 Å². The van der Waals surface area contributed by atoms with Crippen molar-refractivity contribution >= 4 is 27.4 Å². The van der Waals surface area contributed by atoms with Gasteiger partial charge in [-0.1, -0.05) is 0 Å². The molecule has 0 saturated carbocycles. The number of nitrogens with zero attached hydrogens (tertiary/aromatic N) is 3. The molecule has 2 aromatic heterocycles. The van der Waals surface area contributed by atoms with Crippen LogP contribution in [0.3, 0.4) is 0 Å². The maximum absolute atomic E-state index is 4.25. The minimum atomic E-state index is 0.823. The molecule has 2 rings (SSSR count). The lowest BCUT2D eigenvalue weighted by atomic mass is 10.3. The summed E-state index contributed by atoms with van der Waals surface area (Å²) in [6, 6.07) is 1.98. The van der Waals surface area contributed by atoms with Gasteiger partial charge < -0.3 is 5.32 Å². The minimum Gasteiger partial charge on any atom is -0.338 e. The van der Waals surface area contributed by atoms with Crippen LogP contribution in [0, 0.1) is 6.92 Å². The lowest BCUT2D eigenvalue weighted by Crippen LogP contribution is -1.93. The molecular formula is C10H11BrN4.